The molecule has 0 aliphatic heterocycles. The minimum absolute atomic E-state index is 0.0560. The van der Waals surface area contributed by atoms with Crippen LogP contribution in [0.1, 0.15) is 10.4 Å². The topological polar surface area (TPSA) is 141 Å². The Morgan fingerprint density at radius 1 is 1.23 bits per heavy atom. The Morgan fingerprint density at radius 3 is 2.70 bits per heavy atom. The maximum absolute atomic E-state index is 12.3. The summed E-state index contributed by atoms with van der Waals surface area (Å²) in [6.45, 7) is -0.607. The summed E-state index contributed by atoms with van der Waals surface area (Å²) in [5, 5.41) is 20.7. The third kappa shape index (κ3) is 4.70. The van der Waals surface area contributed by atoms with E-state index >= 15 is 0 Å². The van der Waals surface area contributed by atoms with Crippen LogP contribution < -0.4 is 10.6 Å². The molecule has 0 unspecified atom stereocenters. The van der Waals surface area contributed by atoms with Gasteiger partial charge in [0.15, 0.2) is 6.61 Å². The molecule has 0 saturated heterocycles. The highest BCUT2D eigenvalue weighted by molar-refractivity contribution is 6.31. The average molecular weight is 431 g/mol. The van der Waals surface area contributed by atoms with Gasteiger partial charge in [0.2, 0.25) is 0 Å². The van der Waals surface area contributed by atoms with E-state index in [0.29, 0.717) is 16.4 Å². The lowest BCUT2D eigenvalue weighted by atomic mass is 10.1. The van der Waals surface area contributed by atoms with Gasteiger partial charge >= 0.3 is 5.97 Å². The predicted octanol–water partition coefficient (Wildman–Crippen LogP) is 2.67. The molecule has 0 bridgehead atoms. The minimum Gasteiger partial charge on any atom is -0.452 e. The SMILES string of the molecule is CNc1ccc(C(=O)OCC(=O)Nc2cc(Cl)ccc2-n2cncn2)cc1[N+](=O)[O-]. The smallest absolute Gasteiger partial charge is 0.338 e. The number of halogens is 1. The monoisotopic (exact) mass is 430 g/mol. The first-order chi connectivity index (χ1) is 14.4. The van der Waals surface area contributed by atoms with Gasteiger partial charge in [0.25, 0.3) is 11.6 Å². The number of aromatic nitrogens is 3. The van der Waals surface area contributed by atoms with E-state index in [2.05, 4.69) is 20.7 Å². The Hall–Kier alpha value is -3.99. The number of nitro groups is 1. The average Bonchev–Trinajstić information content (AvgIpc) is 3.26. The molecule has 12 heteroatoms. The number of carbonyl (C=O) groups excluding carboxylic acids is 2. The summed E-state index contributed by atoms with van der Waals surface area (Å²) >= 11 is 5.99. The van der Waals surface area contributed by atoms with Crippen molar-refractivity contribution >= 4 is 40.5 Å². The molecule has 1 aromatic heterocycles. The maximum atomic E-state index is 12.3. The second-order valence-corrected chi connectivity index (χ2v) is 6.30. The normalized spacial score (nSPS) is 10.3. The van der Waals surface area contributed by atoms with Crippen LogP contribution >= 0.6 is 11.6 Å². The lowest BCUT2D eigenvalue weighted by molar-refractivity contribution is -0.384. The van der Waals surface area contributed by atoms with Gasteiger partial charge in [-0.25, -0.2) is 14.5 Å². The number of nitrogens with one attached hydrogen (secondary N) is 2. The highest BCUT2D eigenvalue weighted by Crippen LogP contribution is 2.26. The van der Waals surface area contributed by atoms with Crippen LogP contribution in [0.2, 0.25) is 5.02 Å². The number of benzene rings is 2. The van der Waals surface area contributed by atoms with Gasteiger partial charge in [-0.3, -0.25) is 14.9 Å². The Balaban J connectivity index is 1.68. The van der Waals surface area contributed by atoms with Crippen molar-refractivity contribution in [2.24, 2.45) is 0 Å². The van der Waals surface area contributed by atoms with Gasteiger partial charge in [0.1, 0.15) is 18.3 Å². The Morgan fingerprint density at radius 2 is 2.03 bits per heavy atom. The molecule has 0 spiro atoms. The number of ether oxygens (including phenoxy) is 1. The van der Waals surface area contributed by atoms with Crippen molar-refractivity contribution in [2.45, 2.75) is 0 Å². The molecule has 0 aliphatic carbocycles. The van der Waals surface area contributed by atoms with E-state index in [9.17, 15) is 19.7 Å². The zero-order valence-corrected chi connectivity index (χ0v) is 16.3. The Bertz CT molecular complexity index is 1100. The first kappa shape index (κ1) is 20.7. The summed E-state index contributed by atoms with van der Waals surface area (Å²) in [6.07, 6.45) is 2.78. The molecule has 3 rings (SSSR count). The molecule has 0 atom stereocenters. The summed E-state index contributed by atoms with van der Waals surface area (Å²) in [5.74, 6) is -1.51. The van der Waals surface area contributed by atoms with Gasteiger partial charge in [0, 0.05) is 18.1 Å². The molecule has 1 heterocycles. The van der Waals surface area contributed by atoms with E-state index in [4.69, 9.17) is 16.3 Å². The van der Waals surface area contributed by atoms with E-state index in [-0.39, 0.29) is 16.9 Å². The molecule has 2 aromatic carbocycles. The number of nitro benzene ring substituents is 1. The van der Waals surface area contributed by atoms with E-state index in [1.54, 1.807) is 12.1 Å². The van der Waals surface area contributed by atoms with Crippen molar-refractivity contribution in [1.82, 2.24) is 14.8 Å². The molecule has 0 radical (unpaired) electrons. The van der Waals surface area contributed by atoms with Crippen molar-refractivity contribution in [1.29, 1.82) is 0 Å². The van der Waals surface area contributed by atoms with Crippen LogP contribution in [-0.2, 0) is 9.53 Å². The van der Waals surface area contributed by atoms with E-state index in [1.165, 1.54) is 42.6 Å². The van der Waals surface area contributed by atoms with E-state index in [0.717, 1.165) is 6.07 Å². The van der Waals surface area contributed by atoms with E-state index in [1.807, 2.05) is 0 Å². The van der Waals surface area contributed by atoms with Crippen LogP contribution in [0.25, 0.3) is 5.69 Å². The first-order valence-corrected chi connectivity index (χ1v) is 8.84. The van der Waals surface area contributed by atoms with Gasteiger partial charge in [-0.1, -0.05) is 11.6 Å². The van der Waals surface area contributed by atoms with Crippen LogP contribution in [0.4, 0.5) is 17.1 Å². The summed E-state index contributed by atoms with van der Waals surface area (Å²) in [7, 11) is 1.52. The number of anilines is 2. The van der Waals surface area contributed by atoms with Crippen molar-refractivity contribution in [3.8, 4) is 5.69 Å². The second-order valence-electron chi connectivity index (χ2n) is 5.86. The van der Waals surface area contributed by atoms with Gasteiger partial charge in [0.05, 0.1) is 21.9 Å². The van der Waals surface area contributed by atoms with E-state index < -0.39 is 23.4 Å². The molecule has 0 saturated carbocycles. The summed E-state index contributed by atoms with van der Waals surface area (Å²) in [5.41, 5.74) is 0.751. The van der Waals surface area contributed by atoms with Crippen LogP contribution in [0.3, 0.4) is 0 Å². The number of hydrogen-bond acceptors (Lipinski definition) is 8. The molecule has 11 nitrogen and oxygen atoms in total. The zero-order chi connectivity index (χ0) is 21.7. The number of nitrogens with zero attached hydrogens (tertiary/aromatic N) is 4. The highest BCUT2D eigenvalue weighted by atomic mass is 35.5. The standard InChI is InChI=1S/C18H15ClN6O5/c1-20-13-4-2-11(6-16(13)25(28)29)18(27)30-8-17(26)23-14-7-12(19)3-5-15(14)24-10-21-9-22-24/h2-7,9-10,20H,8H2,1H3,(H,23,26). The number of hydrogen-bond donors (Lipinski definition) is 2. The molecular weight excluding hydrogens is 416 g/mol. The second kappa shape index (κ2) is 9.01. The van der Waals surface area contributed by atoms with Crippen LogP contribution in [-0.4, -0.2) is 45.2 Å². The van der Waals surface area contributed by atoms with Gasteiger partial charge in [-0.05, 0) is 30.3 Å². The molecular formula is C18H15ClN6O5. The first-order valence-electron chi connectivity index (χ1n) is 8.46. The maximum Gasteiger partial charge on any atom is 0.338 e. The van der Waals surface area contributed by atoms with Crippen LogP contribution in [0.5, 0.6) is 0 Å². The molecule has 1 amide bonds. The molecule has 30 heavy (non-hydrogen) atoms. The van der Waals surface area contributed by atoms with Gasteiger partial charge in [-0.15, -0.1) is 0 Å². The van der Waals surface area contributed by atoms with Gasteiger partial charge in [-0.2, -0.15) is 5.10 Å². The minimum atomic E-state index is -0.876. The van der Waals surface area contributed by atoms with Crippen molar-refractivity contribution in [3.05, 3.63) is 69.8 Å². The van der Waals surface area contributed by atoms with Crippen LogP contribution in [0, 0.1) is 10.1 Å². The summed E-state index contributed by atoms with van der Waals surface area (Å²) < 4.78 is 6.40. The molecule has 0 fully saturated rings. The van der Waals surface area contributed by atoms with Crippen molar-refractivity contribution < 1.29 is 19.2 Å². The summed E-state index contributed by atoms with van der Waals surface area (Å²) in [6, 6.07) is 8.59. The number of rotatable bonds is 7. The quantitative estimate of drug-likeness (QED) is 0.331. The third-order valence-electron chi connectivity index (χ3n) is 3.93. The van der Waals surface area contributed by atoms with Crippen molar-refractivity contribution in [2.75, 3.05) is 24.3 Å². The zero-order valence-electron chi connectivity index (χ0n) is 15.5. The number of carbonyl (C=O) groups is 2. The highest BCUT2D eigenvalue weighted by Gasteiger charge is 2.19. The lowest BCUT2D eigenvalue weighted by Gasteiger charge is -2.12. The fourth-order valence-corrected chi connectivity index (χ4v) is 2.73. The molecule has 3 aromatic rings. The fraction of sp³-hybridized carbons (Fsp3) is 0.111. The summed E-state index contributed by atoms with van der Waals surface area (Å²) in [4.78, 5) is 38.8. The molecule has 154 valence electrons. The largest absolute Gasteiger partial charge is 0.452 e. The number of esters is 1. The van der Waals surface area contributed by atoms with Crippen molar-refractivity contribution in [3.63, 3.8) is 0 Å². The number of amides is 1. The Kier molecular flexibility index (Phi) is 6.23. The third-order valence-corrected chi connectivity index (χ3v) is 4.17. The molecule has 0 aliphatic rings. The van der Waals surface area contributed by atoms with Gasteiger partial charge < -0.3 is 15.4 Å². The lowest BCUT2D eigenvalue weighted by Crippen LogP contribution is -2.22. The fourth-order valence-electron chi connectivity index (χ4n) is 2.56. The Labute approximate surface area is 174 Å². The molecule has 2 N–H and O–H groups in total. The predicted molar refractivity (Wildman–Crippen MR) is 108 cm³/mol. The van der Waals surface area contributed by atoms with Crippen LogP contribution in [0.15, 0.2) is 49.1 Å².